The highest BCUT2D eigenvalue weighted by atomic mass is 16.6. The fraction of sp³-hybridized carbons (Fsp3) is 0.600. The maximum Gasteiger partial charge on any atom is 0.292 e. The van der Waals surface area contributed by atoms with Crippen LogP contribution < -0.4 is 10.6 Å². The van der Waals surface area contributed by atoms with Gasteiger partial charge in [-0.15, -0.1) is 0 Å². The topological polar surface area (TPSA) is 70.4 Å². The predicted molar refractivity (Wildman–Crippen MR) is 84.1 cm³/mol. The molecular formula is C15H22N4O2. The molecule has 21 heavy (non-hydrogen) atoms. The number of nitro groups is 1. The van der Waals surface area contributed by atoms with Crippen molar-refractivity contribution in [1.29, 1.82) is 0 Å². The molecule has 1 aromatic carbocycles. The summed E-state index contributed by atoms with van der Waals surface area (Å²) in [5.41, 5.74) is 2.99. The van der Waals surface area contributed by atoms with Crippen LogP contribution in [0.25, 0.3) is 0 Å². The molecule has 2 heterocycles. The van der Waals surface area contributed by atoms with Crippen LogP contribution in [0.15, 0.2) is 12.1 Å². The molecule has 0 saturated carbocycles. The number of nitrogens with zero attached hydrogens (tertiary/aromatic N) is 2. The summed E-state index contributed by atoms with van der Waals surface area (Å²) >= 11 is 0. The van der Waals surface area contributed by atoms with Crippen molar-refractivity contribution < 1.29 is 4.92 Å². The first kappa shape index (κ1) is 14.1. The number of benzene rings is 1. The first-order valence-electron chi connectivity index (χ1n) is 7.76. The quantitative estimate of drug-likeness (QED) is 0.644. The number of fused-ring (bicyclic) bond motifs is 1. The molecule has 0 bridgehead atoms. The summed E-state index contributed by atoms with van der Waals surface area (Å²) in [7, 11) is 0. The standard InChI is InChI=1S/C15H22N4O2/c20-19(21)14-5-4-13-12(6-7-16-13)15(14)17-8-11-18-9-2-1-3-10-18/h4-5,16-17H,1-3,6-11H2. The Labute approximate surface area is 124 Å². The van der Waals surface area contributed by atoms with Crippen molar-refractivity contribution in [2.75, 3.05) is 43.4 Å². The maximum absolute atomic E-state index is 11.2. The van der Waals surface area contributed by atoms with Gasteiger partial charge in [-0.05, 0) is 38.4 Å². The Morgan fingerprint density at radius 3 is 2.86 bits per heavy atom. The molecule has 6 heteroatoms. The first-order chi connectivity index (χ1) is 10.3. The lowest BCUT2D eigenvalue weighted by atomic mass is 10.1. The molecule has 0 atom stereocenters. The normalized spacial score (nSPS) is 18.1. The average Bonchev–Trinajstić information content (AvgIpc) is 2.97. The highest BCUT2D eigenvalue weighted by Crippen LogP contribution is 2.36. The van der Waals surface area contributed by atoms with Crippen LogP contribution in [-0.2, 0) is 6.42 Å². The van der Waals surface area contributed by atoms with Crippen molar-refractivity contribution in [3.05, 3.63) is 27.8 Å². The van der Waals surface area contributed by atoms with E-state index in [0.717, 1.165) is 50.4 Å². The fourth-order valence-electron chi connectivity index (χ4n) is 3.25. The molecule has 0 spiro atoms. The Bertz CT molecular complexity index is 527. The zero-order valence-electron chi connectivity index (χ0n) is 12.2. The lowest BCUT2D eigenvalue weighted by Crippen LogP contribution is -2.33. The molecule has 3 rings (SSSR count). The monoisotopic (exact) mass is 290 g/mol. The molecular weight excluding hydrogens is 268 g/mol. The summed E-state index contributed by atoms with van der Waals surface area (Å²) in [5.74, 6) is 0. The zero-order valence-corrected chi connectivity index (χ0v) is 12.2. The summed E-state index contributed by atoms with van der Waals surface area (Å²) in [6, 6.07) is 3.41. The number of likely N-dealkylation sites (tertiary alicyclic amines) is 1. The molecule has 114 valence electrons. The SMILES string of the molecule is O=[N+]([O-])c1ccc2c(c1NCCN1CCCCC1)CCN2. The smallest absolute Gasteiger partial charge is 0.292 e. The van der Waals surface area contributed by atoms with Gasteiger partial charge in [0.1, 0.15) is 5.69 Å². The van der Waals surface area contributed by atoms with Crippen molar-refractivity contribution >= 4 is 17.1 Å². The summed E-state index contributed by atoms with van der Waals surface area (Å²) in [6.45, 7) is 4.87. The highest BCUT2D eigenvalue weighted by Gasteiger charge is 2.23. The minimum absolute atomic E-state index is 0.191. The minimum Gasteiger partial charge on any atom is -0.384 e. The molecule has 0 amide bonds. The largest absolute Gasteiger partial charge is 0.384 e. The van der Waals surface area contributed by atoms with Gasteiger partial charge in [-0.25, -0.2) is 0 Å². The second-order valence-electron chi connectivity index (χ2n) is 5.75. The van der Waals surface area contributed by atoms with Crippen LogP contribution in [0.5, 0.6) is 0 Å². The van der Waals surface area contributed by atoms with Crippen molar-refractivity contribution in [1.82, 2.24) is 4.90 Å². The number of piperidine rings is 1. The van der Waals surface area contributed by atoms with Crippen LogP contribution in [0.3, 0.4) is 0 Å². The van der Waals surface area contributed by atoms with Crippen molar-refractivity contribution in [2.45, 2.75) is 25.7 Å². The number of anilines is 2. The molecule has 0 unspecified atom stereocenters. The van der Waals surface area contributed by atoms with Crippen LogP contribution in [-0.4, -0.2) is 42.5 Å². The molecule has 1 fully saturated rings. The van der Waals surface area contributed by atoms with Gasteiger partial charge < -0.3 is 15.5 Å². The van der Waals surface area contributed by atoms with Gasteiger partial charge in [0, 0.05) is 37.0 Å². The Kier molecular flexibility index (Phi) is 4.24. The number of hydrogen-bond donors (Lipinski definition) is 2. The number of nitrogens with one attached hydrogen (secondary N) is 2. The van der Waals surface area contributed by atoms with E-state index >= 15 is 0 Å². The maximum atomic E-state index is 11.2. The summed E-state index contributed by atoms with van der Waals surface area (Å²) in [6.07, 6.45) is 4.71. The molecule has 0 aliphatic carbocycles. The van der Waals surface area contributed by atoms with Crippen molar-refractivity contribution in [2.24, 2.45) is 0 Å². The Balaban J connectivity index is 1.68. The van der Waals surface area contributed by atoms with E-state index in [1.807, 2.05) is 6.07 Å². The van der Waals surface area contributed by atoms with Crippen LogP contribution >= 0.6 is 0 Å². The van der Waals surface area contributed by atoms with Gasteiger partial charge in [0.05, 0.1) is 4.92 Å². The molecule has 6 nitrogen and oxygen atoms in total. The first-order valence-corrected chi connectivity index (χ1v) is 7.76. The Morgan fingerprint density at radius 1 is 1.29 bits per heavy atom. The van der Waals surface area contributed by atoms with Crippen molar-refractivity contribution in [3.8, 4) is 0 Å². The Morgan fingerprint density at radius 2 is 2.10 bits per heavy atom. The van der Waals surface area contributed by atoms with Gasteiger partial charge in [0.2, 0.25) is 0 Å². The van der Waals surface area contributed by atoms with Crippen LogP contribution in [0.1, 0.15) is 24.8 Å². The summed E-state index contributed by atoms with van der Waals surface area (Å²) in [4.78, 5) is 13.4. The lowest BCUT2D eigenvalue weighted by molar-refractivity contribution is -0.384. The van der Waals surface area contributed by atoms with E-state index in [4.69, 9.17) is 0 Å². The van der Waals surface area contributed by atoms with Crippen molar-refractivity contribution in [3.63, 3.8) is 0 Å². The van der Waals surface area contributed by atoms with Crippen LogP contribution in [0.4, 0.5) is 17.1 Å². The van der Waals surface area contributed by atoms with Crippen LogP contribution in [0, 0.1) is 10.1 Å². The van der Waals surface area contributed by atoms with E-state index in [1.54, 1.807) is 6.07 Å². The lowest BCUT2D eigenvalue weighted by Gasteiger charge is -2.26. The molecule has 2 aliphatic heterocycles. The molecule has 0 aromatic heterocycles. The number of rotatable bonds is 5. The minimum atomic E-state index is -0.290. The van der Waals surface area contributed by atoms with E-state index < -0.39 is 0 Å². The molecule has 1 aromatic rings. The van der Waals surface area contributed by atoms with Gasteiger partial charge in [-0.3, -0.25) is 10.1 Å². The second-order valence-corrected chi connectivity index (χ2v) is 5.75. The Hall–Kier alpha value is -1.82. The fourth-order valence-corrected chi connectivity index (χ4v) is 3.25. The number of nitro benzene ring substituents is 1. The summed E-state index contributed by atoms with van der Waals surface area (Å²) in [5, 5.41) is 17.8. The predicted octanol–water partition coefficient (Wildman–Crippen LogP) is 2.46. The van der Waals surface area contributed by atoms with E-state index in [2.05, 4.69) is 15.5 Å². The molecule has 1 saturated heterocycles. The third-order valence-corrected chi connectivity index (χ3v) is 4.36. The van der Waals surface area contributed by atoms with Gasteiger partial charge >= 0.3 is 0 Å². The average molecular weight is 290 g/mol. The van der Waals surface area contributed by atoms with Gasteiger partial charge in [0.25, 0.3) is 5.69 Å². The molecule has 2 aliphatic rings. The van der Waals surface area contributed by atoms with Gasteiger partial charge in [-0.2, -0.15) is 0 Å². The van der Waals surface area contributed by atoms with Gasteiger partial charge in [0.15, 0.2) is 0 Å². The molecule has 0 radical (unpaired) electrons. The summed E-state index contributed by atoms with van der Waals surface area (Å²) < 4.78 is 0. The van der Waals surface area contributed by atoms with E-state index in [0.29, 0.717) is 5.69 Å². The van der Waals surface area contributed by atoms with Gasteiger partial charge in [-0.1, -0.05) is 6.42 Å². The van der Waals surface area contributed by atoms with Crippen LogP contribution in [0.2, 0.25) is 0 Å². The second kappa shape index (κ2) is 6.30. The third-order valence-electron chi connectivity index (χ3n) is 4.36. The molecule has 2 N–H and O–H groups in total. The van der Waals surface area contributed by atoms with E-state index in [1.165, 1.54) is 19.3 Å². The highest BCUT2D eigenvalue weighted by molar-refractivity contribution is 5.77. The van der Waals surface area contributed by atoms with E-state index in [-0.39, 0.29) is 10.6 Å². The van der Waals surface area contributed by atoms with E-state index in [9.17, 15) is 10.1 Å². The third kappa shape index (κ3) is 3.10. The zero-order chi connectivity index (χ0) is 14.7. The number of hydrogen-bond acceptors (Lipinski definition) is 5.